The summed E-state index contributed by atoms with van der Waals surface area (Å²) in [5.74, 6) is -0.983. The molecule has 2 rings (SSSR count). The maximum atomic E-state index is 11.8. The van der Waals surface area contributed by atoms with Crippen molar-refractivity contribution in [2.75, 3.05) is 0 Å². The number of aromatic hydroxyl groups is 1. The van der Waals surface area contributed by atoms with Gasteiger partial charge in [-0.1, -0.05) is 13.3 Å². The lowest BCUT2D eigenvalue weighted by Crippen LogP contribution is -2.32. The number of H-pyrrole nitrogens is 1. The molecule has 2 aromatic heterocycles. The summed E-state index contributed by atoms with van der Waals surface area (Å²) in [7, 11) is 0. The molecule has 0 aliphatic heterocycles. The molecule has 126 valence electrons. The molecule has 0 aromatic carbocycles. The van der Waals surface area contributed by atoms with Crippen LogP contribution in [0.5, 0.6) is 5.88 Å². The van der Waals surface area contributed by atoms with Crippen molar-refractivity contribution in [2.45, 2.75) is 26.3 Å². The molecule has 0 spiro atoms. The van der Waals surface area contributed by atoms with Crippen LogP contribution in [0.25, 0.3) is 0 Å². The Balaban J connectivity index is 2.21. The normalized spacial score (nSPS) is 10.9. The smallest absolute Gasteiger partial charge is 0.331 e. The monoisotopic (exact) mass is 331 g/mol. The summed E-state index contributed by atoms with van der Waals surface area (Å²) in [5.41, 5.74) is 0.888. The van der Waals surface area contributed by atoms with Gasteiger partial charge >= 0.3 is 5.69 Å². The molecule has 0 fully saturated rings. The Labute approximate surface area is 136 Å². The molecular weight excluding hydrogens is 314 g/mol. The van der Waals surface area contributed by atoms with E-state index < -0.39 is 23.0 Å². The third-order valence-corrected chi connectivity index (χ3v) is 3.24. The van der Waals surface area contributed by atoms with E-state index >= 15 is 0 Å². The average molecular weight is 331 g/mol. The SMILES string of the molecule is CCCCn1c(O)c(C=NNC(=O)c2ccncc2)c(=O)[nH]c1=O. The van der Waals surface area contributed by atoms with E-state index in [0.29, 0.717) is 12.0 Å². The third kappa shape index (κ3) is 3.94. The molecule has 2 aromatic rings. The van der Waals surface area contributed by atoms with E-state index in [-0.39, 0.29) is 12.1 Å². The van der Waals surface area contributed by atoms with E-state index in [2.05, 4.69) is 20.5 Å². The van der Waals surface area contributed by atoms with Crippen molar-refractivity contribution < 1.29 is 9.90 Å². The molecule has 9 heteroatoms. The summed E-state index contributed by atoms with van der Waals surface area (Å²) < 4.78 is 1.05. The van der Waals surface area contributed by atoms with Gasteiger partial charge in [0.05, 0.1) is 6.21 Å². The first kappa shape index (κ1) is 17.1. The number of nitrogens with zero attached hydrogens (tertiary/aromatic N) is 3. The highest BCUT2D eigenvalue weighted by molar-refractivity contribution is 5.94. The number of hydrazone groups is 1. The number of nitrogens with one attached hydrogen (secondary N) is 2. The second kappa shape index (κ2) is 7.86. The number of aromatic amines is 1. The minimum Gasteiger partial charge on any atom is -0.494 e. The van der Waals surface area contributed by atoms with Gasteiger partial charge in [-0.05, 0) is 18.6 Å². The molecular formula is C15H17N5O4. The zero-order valence-electron chi connectivity index (χ0n) is 13.0. The van der Waals surface area contributed by atoms with E-state index in [1.807, 2.05) is 6.92 Å². The highest BCUT2D eigenvalue weighted by atomic mass is 16.3. The standard InChI is InChI=1S/C15H17N5O4/c1-2-3-8-20-14(23)11(13(22)18-15(20)24)9-17-19-12(21)10-4-6-16-7-5-10/h4-7,9,23H,2-3,8H2,1H3,(H,19,21)(H,18,22,24). The van der Waals surface area contributed by atoms with Crippen LogP contribution in [0, 0.1) is 0 Å². The van der Waals surface area contributed by atoms with Crippen molar-refractivity contribution in [1.82, 2.24) is 20.0 Å². The second-order valence-corrected chi connectivity index (χ2v) is 4.94. The first-order valence-corrected chi connectivity index (χ1v) is 7.34. The molecule has 0 atom stereocenters. The summed E-state index contributed by atoms with van der Waals surface area (Å²) in [6.07, 6.45) is 5.39. The number of aromatic nitrogens is 3. The summed E-state index contributed by atoms with van der Waals surface area (Å²) in [5, 5.41) is 13.7. The summed E-state index contributed by atoms with van der Waals surface area (Å²) in [6, 6.07) is 3.00. The van der Waals surface area contributed by atoms with Gasteiger partial charge in [-0.15, -0.1) is 0 Å². The highest BCUT2D eigenvalue weighted by Crippen LogP contribution is 2.08. The first-order valence-electron chi connectivity index (χ1n) is 7.34. The minimum atomic E-state index is -0.785. The number of carbonyl (C=O) groups excluding carboxylic acids is 1. The van der Waals surface area contributed by atoms with Crippen molar-refractivity contribution in [1.29, 1.82) is 0 Å². The van der Waals surface area contributed by atoms with Crippen LogP contribution in [-0.4, -0.2) is 31.8 Å². The summed E-state index contributed by atoms with van der Waals surface area (Å²) in [4.78, 5) is 41.2. The Morgan fingerprint density at radius 3 is 2.79 bits per heavy atom. The lowest BCUT2D eigenvalue weighted by molar-refractivity contribution is 0.0955. The zero-order chi connectivity index (χ0) is 17.5. The molecule has 2 heterocycles. The topological polar surface area (TPSA) is 129 Å². The Morgan fingerprint density at radius 2 is 2.12 bits per heavy atom. The largest absolute Gasteiger partial charge is 0.494 e. The van der Waals surface area contributed by atoms with E-state index in [9.17, 15) is 19.5 Å². The number of unbranched alkanes of at least 4 members (excludes halogenated alkanes) is 1. The van der Waals surface area contributed by atoms with Gasteiger partial charge in [-0.25, -0.2) is 10.2 Å². The highest BCUT2D eigenvalue weighted by Gasteiger charge is 2.12. The summed E-state index contributed by atoms with van der Waals surface area (Å²) >= 11 is 0. The molecule has 0 bridgehead atoms. The van der Waals surface area contributed by atoms with Gasteiger partial charge in [0.25, 0.3) is 11.5 Å². The predicted molar refractivity (Wildman–Crippen MR) is 87.2 cm³/mol. The predicted octanol–water partition coefficient (Wildman–Crippen LogP) is 0.201. The Hall–Kier alpha value is -3.23. The molecule has 0 saturated heterocycles. The van der Waals surface area contributed by atoms with Gasteiger partial charge in [0.2, 0.25) is 5.88 Å². The van der Waals surface area contributed by atoms with Crippen molar-refractivity contribution in [2.24, 2.45) is 5.10 Å². The molecule has 0 aliphatic rings. The zero-order valence-corrected chi connectivity index (χ0v) is 13.0. The van der Waals surface area contributed by atoms with Gasteiger partial charge in [-0.2, -0.15) is 5.10 Å². The van der Waals surface area contributed by atoms with Gasteiger partial charge in [0.1, 0.15) is 5.56 Å². The van der Waals surface area contributed by atoms with Crippen molar-refractivity contribution in [3.05, 3.63) is 56.5 Å². The molecule has 1 amide bonds. The number of amides is 1. The fourth-order valence-electron chi connectivity index (χ4n) is 1.94. The number of hydrogen-bond donors (Lipinski definition) is 3. The van der Waals surface area contributed by atoms with Crippen LogP contribution < -0.4 is 16.7 Å². The number of hydrogen-bond acceptors (Lipinski definition) is 6. The first-order chi connectivity index (χ1) is 11.5. The fraction of sp³-hybridized carbons (Fsp3) is 0.267. The minimum absolute atomic E-state index is 0.208. The van der Waals surface area contributed by atoms with Crippen LogP contribution in [0.4, 0.5) is 0 Å². The van der Waals surface area contributed by atoms with Crippen molar-refractivity contribution >= 4 is 12.1 Å². The van der Waals surface area contributed by atoms with Crippen LogP contribution >= 0.6 is 0 Å². The Morgan fingerprint density at radius 1 is 1.42 bits per heavy atom. The van der Waals surface area contributed by atoms with Gasteiger partial charge in [0, 0.05) is 24.5 Å². The lowest BCUT2D eigenvalue weighted by atomic mass is 10.3. The molecule has 0 unspecified atom stereocenters. The molecule has 0 saturated carbocycles. The van der Waals surface area contributed by atoms with Crippen LogP contribution in [0.1, 0.15) is 35.7 Å². The Kier molecular flexibility index (Phi) is 5.61. The Bertz CT molecular complexity index is 854. The molecule has 9 nitrogen and oxygen atoms in total. The van der Waals surface area contributed by atoms with Crippen molar-refractivity contribution in [3.63, 3.8) is 0 Å². The maximum absolute atomic E-state index is 11.8. The van der Waals surface area contributed by atoms with E-state index in [1.54, 1.807) is 0 Å². The number of rotatable bonds is 6. The van der Waals surface area contributed by atoms with Crippen LogP contribution in [0.15, 0.2) is 39.2 Å². The van der Waals surface area contributed by atoms with E-state index in [1.165, 1.54) is 24.5 Å². The number of carbonyl (C=O) groups is 1. The summed E-state index contributed by atoms with van der Waals surface area (Å²) in [6.45, 7) is 2.20. The molecule has 24 heavy (non-hydrogen) atoms. The van der Waals surface area contributed by atoms with Gasteiger partial charge < -0.3 is 5.11 Å². The van der Waals surface area contributed by atoms with Crippen molar-refractivity contribution in [3.8, 4) is 5.88 Å². The molecule has 3 N–H and O–H groups in total. The lowest BCUT2D eigenvalue weighted by Gasteiger charge is -2.08. The third-order valence-electron chi connectivity index (χ3n) is 3.24. The second-order valence-electron chi connectivity index (χ2n) is 4.94. The van der Waals surface area contributed by atoms with Gasteiger partial charge in [0.15, 0.2) is 0 Å². The van der Waals surface area contributed by atoms with E-state index in [4.69, 9.17) is 0 Å². The average Bonchev–Trinajstić information content (AvgIpc) is 2.58. The quantitative estimate of drug-likeness (QED) is 0.514. The van der Waals surface area contributed by atoms with Crippen LogP contribution in [0.2, 0.25) is 0 Å². The maximum Gasteiger partial charge on any atom is 0.331 e. The van der Waals surface area contributed by atoms with Crippen LogP contribution in [-0.2, 0) is 6.54 Å². The molecule has 0 radical (unpaired) electrons. The number of pyridine rings is 1. The van der Waals surface area contributed by atoms with Gasteiger partial charge in [-0.3, -0.25) is 24.1 Å². The van der Waals surface area contributed by atoms with E-state index in [0.717, 1.165) is 17.2 Å². The molecule has 0 aliphatic carbocycles. The fourth-order valence-corrected chi connectivity index (χ4v) is 1.94. The van der Waals surface area contributed by atoms with Crippen LogP contribution in [0.3, 0.4) is 0 Å².